The molecule has 0 spiro atoms. The monoisotopic (exact) mass is 170 g/mol. The summed E-state index contributed by atoms with van der Waals surface area (Å²) in [5.74, 6) is -1.94. The molecule has 0 aromatic carbocycles. The normalized spacial score (nSPS) is 23.6. The first-order valence-corrected chi connectivity index (χ1v) is 3.04. The number of aliphatic imine (C=N–C) groups is 2. The molecule has 0 saturated heterocycles. The van der Waals surface area contributed by atoms with Crippen LogP contribution in [0.3, 0.4) is 0 Å². The first-order valence-electron chi connectivity index (χ1n) is 2.67. The van der Waals surface area contributed by atoms with Gasteiger partial charge in [-0.2, -0.15) is 10.3 Å². The van der Waals surface area contributed by atoms with E-state index >= 15 is 0 Å². The van der Waals surface area contributed by atoms with Crippen LogP contribution < -0.4 is 5.73 Å². The molecule has 1 amide bonds. The molecule has 11 heavy (non-hydrogen) atoms. The van der Waals surface area contributed by atoms with Gasteiger partial charge in [-0.3, -0.25) is 4.79 Å². The lowest BCUT2D eigenvalue weighted by atomic mass is 10.2. The highest BCUT2D eigenvalue weighted by atomic mass is 35.5. The Labute approximate surface area is 67.2 Å². The third-order valence-corrected chi connectivity index (χ3v) is 1.36. The summed E-state index contributed by atoms with van der Waals surface area (Å²) >= 11 is 5.42. The molecule has 1 aliphatic heterocycles. The van der Waals surface area contributed by atoms with Crippen molar-refractivity contribution in [2.45, 2.75) is 0 Å². The van der Waals surface area contributed by atoms with Crippen molar-refractivity contribution in [1.29, 1.82) is 5.26 Å². The van der Waals surface area contributed by atoms with Gasteiger partial charge in [0.15, 0.2) is 5.92 Å². The maximum absolute atomic E-state index is 10.8. The molecule has 5 nitrogen and oxygen atoms in total. The van der Waals surface area contributed by atoms with Crippen molar-refractivity contribution in [1.82, 2.24) is 0 Å². The molecule has 0 aromatic heterocycles. The standard InChI is InChI=1S/C5H3ClN4O/c6-3-2(1-7)4(11)10-5(8)9-3/h2H,(H2,8,10,11). The highest BCUT2D eigenvalue weighted by Crippen LogP contribution is 2.09. The van der Waals surface area contributed by atoms with E-state index in [0.717, 1.165) is 0 Å². The number of carbonyl (C=O) groups excluding carboxylic acids is 1. The molecule has 6 heteroatoms. The van der Waals surface area contributed by atoms with E-state index in [9.17, 15) is 4.79 Å². The molecule has 0 aliphatic carbocycles. The Morgan fingerprint density at radius 3 is 2.73 bits per heavy atom. The Kier molecular flexibility index (Phi) is 1.87. The summed E-state index contributed by atoms with van der Waals surface area (Å²) in [6, 6.07) is 1.65. The van der Waals surface area contributed by atoms with E-state index in [1.165, 1.54) is 0 Å². The van der Waals surface area contributed by atoms with Crippen LogP contribution in [-0.2, 0) is 4.79 Å². The van der Waals surface area contributed by atoms with Crippen molar-refractivity contribution in [2.24, 2.45) is 21.6 Å². The second kappa shape index (κ2) is 2.68. The summed E-state index contributed by atoms with van der Waals surface area (Å²) in [4.78, 5) is 17.5. The number of amides is 1. The van der Waals surface area contributed by atoms with Gasteiger partial charge >= 0.3 is 0 Å². The number of nitrogens with two attached hydrogens (primary N) is 1. The minimum atomic E-state index is -1.08. The minimum absolute atomic E-state index is 0.120. The Hall–Kier alpha value is -1.41. The van der Waals surface area contributed by atoms with E-state index < -0.39 is 11.8 Å². The van der Waals surface area contributed by atoms with Gasteiger partial charge in [0.05, 0.1) is 6.07 Å². The van der Waals surface area contributed by atoms with E-state index in [0.29, 0.717) is 0 Å². The van der Waals surface area contributed by atoms with E-state index in [1.807, 2.05) is 0 Å². The second-order valence-electron chi connectivity index (χ2n) is 1.80. The van der Waals surface area contributed by atoms with E-state index in [-0.39, 0.29) is 11.1 Å². The average molecular weight is 171 g/mol. The first-order chi connectivity index (χ1) is 5.15. The van der Waals surface area contributed by atoms with Gasteiger partial charge in [-0.15, -0.1) is 0 Å². The van der Waals surface area contributed by atoms with Crippen LogP contribution in [0.15, 0.2) is 9.98 Å². The zero-order valence-electron chi connectivity index (χ0n) is 5.28. The van der Waals surface area contributed by atoms with Crippen molar-refractivity contribution < 1.29 is 4.79 Å². The fourth-order valence-electron chi connectivity index (χ4n) is 0.587. The lowest BCUT2D eigenvalue weighted by Gasteiger charge is -2.06. The van der Waals surface area contributed by atoms with Crippen molar-refractivity contribution in [3.8, 4) is 6.07 Å². The fourth-order valence-corrected chi connectivity index (χ4v) is 0.816. The summed E-state index contributed by atoms with van der Waals surface area (Å²) < 4.78 is 0. The smallest absolute Gasteiger partial charge is 0.273 e. The summed E-state index contributed by atoms with van der Waals surface area (Å²) in [5, 5.41) is 8.25. The maximum Gasteiger partial charge on any atom is 0.273 e. The van der Waals surface area contributed by atoms with Gasteiger partial charge in [-0.25, -0.2) is 4.99 Å². The molecule has 1 atom stereocenters. The number of hydrogen-bond donors (Lipinski definition) is 1. The van der Waals surface area contributed by atoms with Crippen LogP contribution in [0.1, 0.15) is 0 Å². The zero-order chi connectivity index (χ0) is 8.43. The molecule has 1 aliphatic rings. The number of hydrogen-bond acceptors (Lipinski definition) is 4. The summed E-state index contributed by atoms with van der Waals surface area (Å²) in [5.41, 5.74) is 5.08. The van der Waals surface area contributed by atoms with Gasteiger partial charge in [0.25, 0.3) is 5.91 Å². The largest absolute Gasteiger partial charge is 0.368 e. The lowest BCUT2D eigenvalue weighted by Crippen LogP contribution is -2.27. The van der Waals surface area contributed by atoms with Crippen LogP contribution in [0.5, 0.6) is 0 Å². The molecule has 1 rings (SSSR count). The molecule has 0 fully saturated rings. The summed E-state index contributed by atoms with van der Waals surface area (Å²) in [6.45, 7) is 0. The maximum atomic E-state index is 10.8. The third-order valence-electron chi connectivity index (χ3n) is 1.06. The Balaban J connectivity index is 3.03. The van der Waals surface area contributed by atoms with Crippen molar-refractivity contribution >= 4 is 28.6 Å². The van der Waals surface area contributed by atoms with Crippen LogP contribution in [0.2, 0.25) is 0 Å². The molecule has 1 unspecified atom stereocenters. The van der Waals surface area contributed by atoms with Crippen molar-refractivity contribution in [3.63, 3.8) is 0 Å². The molecule has 1 heterocycles. The van der Waals surface area contributed by atoms with E-state index in [1.54, 1.807) is 6.07 Å². The Morgan fingerprint density at radius 1 is 1.64 bits per heavy atom. The van der Waals surface area contributed by atoms with Gasteiger partial charge in [0.1, 0.15) is 5.17 Å². The van der Waals surface area contributed by atoms with Gasteiger partial charge in [0, 0.05) is 0 Å². The number of halogens is 1. The first kappa shape index (κ1) is 7.69. The van der Waals surface area contributed by atoms with Gasteiger partial charge in [0.2, 0.25) is 5.96 Å². The van der Waals surface area contributed by atoms with Crippen LogP contribution in [0.4, 0.5) is 0 Å². The van der Waals surface area contributed by atoms with Gasteiger partial charge < -0.3 is 5.73 Å². The van der Waals surface area contributed by atoms with Crippen molar-refractivity contribution in [3.05, 3.63) is 0 Å². The molecule has 0 aromatic rings. The van der Waals surface area contributed by atoms with Crippen molar-refractivity contribution in [2.75, 3.05) is 0 Å². The van der Waals surface area contributed by atoms with E-state index in [2.05, 4.69) is 9.98 Å². The highest BCUT2D eigenvalue weighted by Gasteiger charge is 2.26. The molecular formula is C5H3ClN4O. The molecule has 0 saturated carbocycles. The number of nitriles is 1. The van der Waals surface area contributed by atoms with Crippen LogP contribution >= 0.6 is 11.6 Å². The van der Waals surface area contributed by atoms with Crippen LogP contribution in [0, 0.1) is 17.2 Å². The lowest BCUT2D eigenvalue weighted by molar-refractivity contribution is -0.118. The molecule has 2 N–H and O–H groups in total. The SMILES string of the molecule is N#CC1C(=O)N=C(N)N=C1Cl. The molecule has 56 valence electrons. The third kappa shape index (κ3) is 1.36. The van der Waals surface area contributed by atoms with Crippen LogP contribution in [0.25, 0.3) is 0 Å². The van der Waals surface area contributed by atoms with Gasteiger partial charge in [-0.05, 0) is 0 Å². The Morgan fingerprint density at radius 2 is 2.27 bits per heavy atom. The number of carbonyl (C=O) groups is 1. The number of guanidine groups is 1. The Bertz CT molecular complexity index is 300. The zero-order valence-corrected chi connectivity index (χ0v) is 6.04. The van der Waals surface area contributed by atoms with Gasteiger partial charge in [-0.1, -0.05) is 11.6 Å². The molecule has 0 radical (unpaired) electrons. The fraction of sp³-hybridized carbons (Fsp3) is 0.200. The van der Waals surface area contributed by atoms with Crippen LogP contribution in [-0.4, -0.2) is 17.0 Å². The van der Waals surface area contributed by atoms with E-state index in [4.69, 9.17) is 22.6 Å². The molecular weight excluding hydrogens is 168 g/mol. The summed E-state index contributed by atoms with van der Waals surface area (Å²) in [6.07, 6.45) is 0. The summed E-state index contributed by atoms with van der Waals surface area (Å²) in [7, 11) is 0. The molecule has 0 bridgehead atoms. The highest BCUT2D eigenvalue weighted by molar-refractivity contribution is 6.69. The minimum Gasteiger partial charge on any atom is -0.368 e. The average Bonchev–Trinajstić information content (AvgIpc) is 1.85. The number of nitrogens with zero attached hydrogens (tertiary/aromatic N) is 3. The second-order valence-corrected chi connectivity index (χ2v) is 2.19. The quantitative estimate of drug-likeness (QED) is 0.537. The topological polar surface area (TPSA) is 91.6 Å². The predicted octanol–water partition coefficient (Wildman–Crippen LogP) is -0.382. The predicted molar refractivity (Wildman–Crippen MR) is 39.0 cm³/mol. The number of rotatable bonds is 0.